The number of benzene rings is 1. The molecule has 1 aromatic rings. The van der Waals surface area contributed by atoms with E-state index < -0.39 is 5.92 Å². The smallest absolute Gasteiger partial charge is 0.230 e. The fourth-order valence-corrected chi connectivity index (χ4v) is 2.50. The summed E-state index contributed by atoms with van der Waals surface area (Å²) in [6, 6.07) is 6.19. The first-order chi connectivity index (χ1) is 9.31. The van der Waals surface area contributed by atoms with Crippen molar-refractivity contribution in [2.75, 3.05) is 0 Å². The highest BCUT2D eigenvalue weighted by Crippen LogP contribution is 2.12. The van der Waals surface area contributed by atoms with Crippen LogP contribution in [0.5, 0.6) is 0 Å². The van der Waals surface area contributed by atoms with Gasteiger partial charge in [-0.2, -0.15) is 0 Å². The molecule has 3 nitrogen and oxygen atoms in total. The molecule has 20 heavy (non-hydrogen) atoms. The van der Waals surface area contributed by atoms with Gasteiger partial charge in [-0.25, -0.2) is 4.39 Å². The Morgan fingerprint density at radius 1 is 1.30 bits per heavy atom. The van der Waals surface area contributed by atoms with Gasteiger partial charge in [0.2, 0.25) is 5.91 Å². The molecule has 0 aliphatic heterocycles. The summed E-state index contributed by atoms with van der Waals surface area (Å²) < 4.78 is 12.8. The number of hydrogen-bond donors (Lipinski definition) is 2. The minimum atomic E-state index is -0.458. The van der Waals surface area contributed by atoms with Gasteiger partial charge in [0.1, 0.15) is 5.82 Å². The van der Waals surface area contributed by atoms with Crippen molar-refractivity contribution < 1.29 is 9.18 Å². The monoisotopic (exact) mass is 296 g/mol. The number of nitrogens with one attached hydrogen (secondary N) is 1. The van der Waals surface area contributed by atoms with Gasteiger partial charge in [-0.1, -0.05) is 38.2 Å². The lowest BCUT2D eigenvalue weighted by Gasteiger charge is -2.22. The molecule has 0 saturated carbocycles. The molecule has 0 aliphatic rings. The minimum absolute atomic E-state index is 0.0607. The molecule has 2 atom stereocenters. The number of hydrogen-bond acceptors (Lipinski definition) is 2. The number of amides is 1. The summed E-state index contributed by atoms with van der Waals surface area (Å²) in [5.41, 5.74) is 6.58. The molecule has 5 heteroatoms. The normalized spacial score (nSPS) is 13.8. The highest BCUT2D eigenvalue weighted by Gasteiger charge is 2.25. The van der Waals surface area contributed by atoms with Crippen LogP contribution >= 0.6 is 12.2 Å². The van der Waals surface area contributed by atoms with Crippen LogP contribution in [0.1, 0.15) is 26.3 Å². The van der Waals surface area contributed by atoms with Crippen molar-refractivity contribution in [1.29, 1.82) is 0 Å². The van der Waals surface area contributed by atoms with Gasteiger partial charge in [0.05, 0.1) is 10.9 Å². The van der Waals surface area contributed by atoms with Crippen molar-refractivity contribution in [2.24, 2.45) is 17.6 Å². The summed E-state index contributed by atoms with van der Waals surface area (Å²) >= 11 is 4.94. The van der Waals surface area contributed by atoms with Gasteiger partial charge >= 0.3 is 0 Å². The van der Waals surface area contributed by atoms with Crippen LogP contribution in [0.25, 0.3) is 0 Å². The molecule has 1 rings (SSSR count). The Balaban J connectivity index is 2.61. The Labute approximate surface area is 124 Å². The maximum atomic E-state index is 12.8. The van der Waals surface area contributed by atoms with E-state index in [4.69, 9.17) is 18.0 Å². The molecule has 3 N–H and O–H groups in total. The molecule has 0 heterocycles. The van der Waals surface area contributed by atoms with E-state index in [2.05, 4.69) is 5.32 Å². The molecular formula is C15H21FN2OS. The second kappa shape index (κ2) is 7.33. The Morgan fingerprint density at radius 2 is 1.85 bits per heavy atom. The third-order valence-electron chi connectivity index (χ3n) is 3.10. The van der Waals surface area contributed by atoms with E-state index in [0.29, 0.717) is 6.42 Å². The minimum Gasteiger partial charge on any atom is -0.393 e. The highest BCUT2D eigenvalue weighted by atomic mass is 32.1. The summed E-state index contributed by atoms with van der Waals surface area (Å²) in [5.74, 6) is -0.813. The average Bonchev–Trinajstić information content (AvgIpc) is 2.30. The summed E-state index contributed by atoms with van der Waals surface area (Å²) in [5, 5.41) is 2.91. The predicted molar refractivity (Wildman–Crippen MR) is 82.8 cm³/mol. The average molecular weight is 296 g/mol. The van der Waals surface area contributed by atoms with Crippen molar-refractivity contribution >= 4 is 23.1 Å². The Hall–Kier alpha value is -1.49. The lowest BCUT2D eigenvalue weighted by atomic mass is 9.94. The van der Waals surface area contributed by atoms with Gasteiger partial charge in [0, 0.05) is 6.04 Å². The van der Waals surface area contributed by atoms with Crippen molar-refractivity contribution in [2.45, 2.75) is 33.2 Å². The lowest BCUT2D eigenvalue weighted by Crippen LogP contribution is -2.44. The van der Waals surface area contributed by atoms with Crippen molar-refractivity contribution in [3.63, 3.8) is 0 Å². The van der Waals surface area contributed by atoms with Gasteiger partial charge < -0.3 is 11.1 Å². The van der Waals surface area contributed by atoms with Crippen LogP contribution in [-0.2, 0) is 11.2 Å². The zero-order valence-electron chi connectivity index (χ0n) is 12.0. The molecule has 0 aromatic heterocycles. The molecule has 0 saturated heterocycles. The van der Waals surface area contributed by atoms with E-state index in [1.54, 1.807) is 12.1 Å². The van der Waals surface area contributed by atoms with E-state index in [9.17, 15) is 9.18 Å². The summed E-state index contributed by atoms with van der Waals surface area (Å²) in [4.78, 5) is 12.4. The fourth-order valence-electron chi connectivity index (χ4n) is 2.12. The first-order valence-corrected chi connectivity index (χ1v) is 7.06. The van der Waals surface area contributed by atoms with E-state index >= 15 is 0 Å². The van der Waals surface area contributed by atoms with E-state index in [1.165, 1.54) is 12.1 Å². The van der Waals surface area contributed by atoms with Crippen LogP contribution in [-0.4, -0.2) is 16.9 Å². The van der Waals surface area contributed by atoms with Crippen LogP contribution in [0.3, 0.4) is 0 Å². The summed E-state index contributed by atoms with van der Waals surface area (Å²) in [7, 11) is 0. The van der Waals surface area contributed by atoms with Crippen molar-refractivity contribution in [3.05, 3.63) is 35.6 Å². The van der Waals surface area contributed by atoms with Crippen LogP contribution in [0.2, 0.25) is 0 Å². The molecule has 0 bridgehead atoms. The van der Waals surface area contributed by atoms with Crippen molar-refractivity contribution in [3.8, 4) is 0 Å². The number of carbonyl (C=O) groups is 1. The van der Waals surface area contributed by atoms with Crippen LogP contribution in [0.4, 0.5) is 4.39 Å². The second-order valence-corrected chi connectivity index (χ2v) is 5.84. The molecule has 0 radical (unpaired) electrons. The largest absolute Gasteiger partial charge is 0.393 e. The molecular weight excluding hydrogens is 275 g/mol. The Kier molecular flexibility index (Phi) is 6.07. The first-order valence-electron chi connectivity index (χ1n) is 6.65. The topological polar surface area (TPSA) is 55.1 Å². The number of nitrogens with two attached hydrogens (primary N) is 1. The lowest BCUT2D eigenvalue weighted by molar-refractivity contribution is -0.124. The van der Waals surface area contributed by atoms with Gasteiger partial charge in [0.15, 0.2) is 0 Å². The maximum absolute atomic E-state index is 12.8. The Morgan fingerprint density at radius 3 is 2.30 bits per heavy atom. The van der Waals surface area contributed by atoms with E-state index in [0.717, 1.165) is 5.56 Å². The molecule has 0 spiro atoms. The van der Waals surface area contributed by atoms with Crippen LogP contribution in [0.15, 0.2) is 24.3 Å². The van der Waals surface area contributed by atoms with Gasteiger partial charge in [-0.05, 0) is 37.0 Å². The number of rotatable bonds is 6. The molecule has 2 unspecified atom stereocenters. The van der Waals surface area contributed by atoms with E-state index in [-0.39, 0.29) is 28.7 Å². The van der Waals surface area contributed by atoms with Gasteiger partial charge in [-0.15, -0.1) is 0 Å². The molecule has 110 valence electrons. The quantitative estimate of drug-likeness (QED) is 0.793. The SMILES string of the molecule is CC(Cc1ccc(F)cc1)NC(=O)C(C(N)=S)C(C)C. The number of thiocarbonyl (C=S) groups is 1. The summed E-state index contributed by atoms with van der Waals surface area (Å²) in [6.45, 7) is 5.72. The third-order valence-corrected chi connectivity index (χ3v) is 3.35. The zero-order chi connectivity index (χ0) is 15.3. The van der Waals surface area contributed by atoms with E-state index in [1.807, 2.05) is 20.8 Å². The van der Waals surface area contributed by atoms with Gasteiger partial charge in [-0.3, -0.25) is 4.79 Å². The molecule has 1 aromatic carbocycles. The maximum Gasteiger partial charge on any atom is 0.230 e. The number of carbonyl (C=O) groups excluding carboxylic acids is 1. The third kappa shape index (κ3) is 4.89. The second-order valence-electron chi connectivity index (χ2n) is 5.36. The molecule has 0 aliphatic carbocycles. The first kappa shape index (κ1) is 16.6. The summed E-state index contributed by atoms with van der Waals surface area (Å²) in [6.07, 6.45) is 0.633. The van der Waals surface area contributed by atoms with Crippen LogP contribution in [0, 0.1) is 17.7 Å². The highest BCUT2D eigenvalue weighted by molar-refractivity contribution is 7.80. The van der Waals surface area contributed by atoms with Crippen molar-refractivity contribution in [1.82, 2.24) is 5.32 Å². The molecule has 0 fully saturated rings. The van der Waals surface area contributed by atoms with Gasteiger partial charge in [0.25, 0.3) is 0 Å². The standard InChI is InChI=1S/C15H21FN2OS/c1-9(2)13(14(17)20)15(19)18-10(3)8-11-4-6-12(16)7-5-11/h4-7,9-10,13H,8H2,1-3H3,(H2,17,20)(H,18,19). The zero-order valence-corrected chi connectivity index (χ0v) is 12.8. The number of halogens is 1. The van der Waals surface area contributed by atoms with Crippen LogP contribution < -0.4 is 11.1 Å². The fraction of sp³-hybridized carbons (Fsp3) is 0.467. The Bertz CT molecular complexity index is 473. The molecule has 1 amide bonds. The predicted octanol–water partition coefficient (Wildman–Crippen LogP) is 2.43.